The number of likely N-dealkylation sites (N-methyl/N-ethyl adjacent to an activating group) is 1. The lowest BCUT2D eigenvalue weighted by molar-refractivity contribution is -0.121. The van der Waals surface area contributed by atoms with E-state index in [1.165, 1.54) is 11.1 Å². The van der Waals surface area contributed by atoms with Crippen molar-refractivity contribution >= 4 is 11.5 Å². The van der Waals surface area contributed by atoms with Gasteiger partial charge in [0.25, 0.3) is 0 Å². The molecule has 0 radical (unpaired) electrons. The number of amides is 1. The second-order valence-corrected chi connectivity index (χ2v) is 7.90. The number of hydrogen-bond donors (Lipinski definition) is 1. The summed E-state index contributed by atoms with van der Waals surface area (Å²) >= 11 is 0. The van der Waals surface area contributed by atoms with Gasteiger partial charge in [-0.1, -0.05) is 35.5 Å². The van der Waals surface area contributed by atoms with Gasteiger partial charge in [-0.25, -0.2) is 0 Å². The maximum Gasteiger partial charge on any atom is 0.227 e. The monoisotopic (exact) mass is 395 g/mol. The van der Waals surface area contributed by atoms with E-state index in [1.807, 2.05) is 0 Å². The molecule has 7 heteroatoms. The Bertz CT molecular complexity index is 876. The molecule has 0 spiro atoms. The van der Waals surface area contributed by atoms with Crippen LogP contribution in [0.4, 0.5) is 0 Å². The summed E-state index contributed by atoms with van der Waals surface area (Å²) in [6.07, 6.45) is 4.99. The number of fused-ring (bicyclic) bond motifs is 1. The average Bonchev–Trinajstić information content (AvgIpc) is 3.22. The Hall–Kier alpha value is -2.51. The fraction of sp³-hybridized carbons (Fsp3) is 0.500. The van der Waals surface area contributed by atoms with Crippen molar-refractivity contribution in [2.24, 2.45) is 0 Å². The highest BCUT2D eigenvalue weighted by Gasteiger charge is 2.17. The van der Waals surface area contributed by atoms with Gasteiger partial charge in [0.05, 0.1) is 0 Å². The maximum absolute atomic E-state index is 12.2. The van der Waals surface area contributed by atoms with Crippen molar-refractivity contribution in [3.05, 3.63) is 53.2 Å². The van der Waals surface area contributed by atoms with E-state index in [0.717, 1.165) is 51.1 Å². The van der Waals surface area contributed by atoms with E-state index >= 15 is 0 Å². The van der Waals surface area contributed by atoms with Crippen LogP contribution in [0.1, 0.15) is 35.7 Å². The quantitative estimate of drug-likeness (QED) is 0.772. The van der Waals surface area contributed by atoms with Crippen LogP contribution in [-0.2, 0) is 24.2 Å². The number of hydrogen-bond acceptors (Lipinski definition) is 6. The van der Waals surface area contributed by atoms with Gasteiger partial charge < -0.3 is 14.7 Å². The van der Waals surface area contributed by atoms with Gasteiger partial charge in [-0.05, 0) is 36.6 Å². The molecule has 1 amide bonds. The zero-order valence-corrected chi connectivity index (χ0v) is 17.1. The predicted molar refractivity (Wildman–Crippen MR) is 111 cm³/mol. The Balaban J connectivity index is 1.17. The SMILES string of the molecule is CN1CC=C(c2noc(CCC(=O)NCCN3CCc4ccccc4C3)n2)CC1. The lowest BCUT2D eigenvalue weighted by atomic mass is 10.00. The van der Waals surface area contributed by atoms with Crippen LogP contribution in [0.15, 0.2) is 34.9 Å². The van der Waals surface area contributed by atoms with Crippen molar-refractivity contribution in [1.82, 2.24) is 25.3 Å². The second-order valence-electron chi connectivity index (χ2n) is 7.90. The largest absolute Gasteiger partial charge is 0.355 e. The molecule has 0 unspecified atom stereocenters. The summed E-state index contributed by atoms with van der Waals surface area (Å²) in [5.41, 5.74) is 3.98. The normalized spacial score (nSPS) is 17.6. The molecule has 1 aromatic carbocycles. The molecule has 154 valence electrons. The highest BCUT2D eigenvalue weighted by atomic mass is 16.5. The maximum atomic E-state index is 12.2. The Morgan fingerprint density at radius 2 is 2.07 bits per heavy atom. The molecule has 7 nitrogen and oxygen atoms in total. The third-order valence-corrected chi connectivity index (χ3v) is 5.69. The van der Waals surface area contributed by atoms with Crippen LogP contribution >= 0.6 is 0 Å². The first-order chi connectivity index (χ1) is 14.2. The molecule has 0 bridgehead atoms. The molecule has 29 heavy (non-hydrogen) atoms. The van der Waals surface area contributed by atoms with Gasteiger partial charge in [-0.2, -0.15) is 4.98 Å². The smallest absolute Gasteiger partial charge is 0.227 e. The first-order valence-electron chi connectivity index (χ1n) is 10.4. The van der Waals surface area contributed by atoms with Gasteiger partial charge in [-0.15, -0.1) is 0 Å². The molecule has 1 aromatic heterocycles. The number of aryl methyl sites for hydroxylation is 1. The summed E-state index contributed by atoms with van der Waals surface area (Å²) < 4.78 is 5.32. The van der Waals surface area contributed by atoms with E-state index in [4.69, 9.17) is 4.52 Å². The van der Waals surface area contributed by atoms with E-state index in [9.17, 15) is 4.79 Å². The predicted octanol–water partition coefficient (Wildman–Crippen LogP) is 1.90. The lowest BCUT2D eigenvalue weighted by Crippen LogP contribution is -2.37. The van der Waals surface area contributed by atoms with Gasteiger partial charge in [0.2, 0.25) is 11.8 Å². The molecule has 2 aromatic rings. The van der Waals surface area contributed by atoms with Crippen LogP contribution in [0.25, 0.3) is 5.57 Å². The van der Waals surface area contributed by atoms with Crippen LogP contribution in [0.5, 0.6) is 0 Å². The van der Waals surface area contributed by atoms with E-state index in [0.29, 0.717) is 31.1 Å². The number of aromatic nitrogens is 2. The molecule has 3 heterocycles. The highest BCUT2D eigenvalue weighted by molar-refractivity contribution is 5.76. The molecule has 4 rings (SSSR count). The minimum absolute atomic E-state index is 0.0284. The minimum Gasteiger partial charge on any atom is -0.355 e. The van der Waals surface area contributed by atoms with Crippen molar-refractivity contribution in [1.29, 1.82) is 0 Å². The molecule has 0 saturated heterocycles. The molecule has 0 fully saturated rings. The Kier molecular flexibility index (Phi) is 6.36. The molecule has 0 saturated carbocycles. The van der Waals surface area contributed by atoms with Crippen LogP contribution in [0, 0.1) is 0 Å². The fourth-order valence-corrected chi connectivity index (χ4v) is 3.87. The van der Waals surface area contributed by atoms with E-state index in [2.05, 4.69) is 62.6 Å². The average molecular weight is 396 g/mol. The van der Waals surface area contributed by atoms with Crippen molar-refractivity contribution in [3.8, 4) is 0 Å². The molecule has 0 atom stereocenters. The third kappa shape index (κ3) is 5.31. The summed E-state index contributed by atoms with van der Waals surface area (Å²) in [5.74, 6) is 1.22. The van der Waals surface area contributed by atoms with Crippen molar-refractivity contribution in [2.75, 3.05) is 39.8 Å². The summed E-state index contributed by atoms with van der Waals surface area (Å²) in [7, 11) is 2.09. The zero-order valence-electron chi connectivity index (χ0n) is 17.1. The molecular weight excluding hydrogens is 366 g/mol. The standard InChI is InChI=1S/C22H29N5O2/c1-26-12-8-18(9-13-26)22-24-21(29-25-22)7-6-20(28)23-11-15-27-14-10-17-4-2-3-5-19(17)16-27/h2-5,8H,6-7,9-16H2,1H3,(H,23,28). The Morgan fingerprint density at radius 1 is 1.21 bits per heavy atom. The van der Waals surface area contributed by atoms with E-state index < -0.39 is 0 Å². The number of carbonyl (C=O) groups is 1. The number of carbonyl (C=O) groups excluding carboxylic acids is 1. The second kappa shape index (κ2) is 9.33. The van der Waals surface area contributed by atoms with Crippen molar-refractivity contribution < 1.29 is 9.32 Å². The summed E-state index contributed by atoms with van der Waals surface area (Å²) in [4.78, 5) is 21.3. The number of benzene rings is 1. The number of nitrogens with one attached hydrogen (secondary N) is 1. The van der Waals surface area contributed by atoms with E-state index in [1.54, 1.807) is 0 Å². The molecule has 1 N–H and O–H groups in total. The summed E-state index contributed by atoms with van der Waals surface area (Å²) in [5, 5.41) is 7.09. The number of rotatable bonds is 7. The van der Waals surface area contributed by atoms with Gasteiger partial charge in [0, 0.05) is 52.1 Å². The summed E-state index contributed by atoms with van der Waals surface area (Å²) in [6.45, 7) is 5.44. The minimum atomic E-state index is 0.0284. The molecule has 0 aliphatic carbocycles. The topological polar surface area (TPSA) is 74.5 Å². The highest BCUT2D eigenvalue weighted by Crippen LogP contribution is 2.19. The Labute approximate surface area is 171 Å². The Morgan fingerprint density at radius 3 is 2.90 bits per heavy atom. The van der Waals surface area contributed by atoms with Gasteiger partial charge >= 0.3 is 0 Å². The molecule has 2 aliphatic rings. The zero-order chi connectivity index (χ0) is 20.1. The fourth-order valence-electron chi connectivity index (χ4n) is 3.87. The summed E-state index contributed by atoms with van der Waals surface area (Å²) in [6, 6.07) is 8.60. The molecule has 2 aliphatic heterocycles. The van der Waals surface area contributed by atoms with Gasteiger partial charge in [0.15, 0.2) is 5.82 Å². The van der Waals surface area contributed by atoms with Crippen LogP contribution in [0.3, 0.4) is 0 Å². The first kappa shape index (κ1) is 19.8. The van der Waals surface area contributed by atoms with Crippen LogP contribution < -0.4 is 5.32 Å². The lowest BCUT2D eigenvalue weighted by Gasteiger charge is -2.28. The third-order valence-electron chi connectivity index (χ3n) is 5.69. The van der Waals surface area contributed by atoms with Crippen LogP contribution in [-0.4, -0.2) is 65.6 Å². The van der Waals surface area contributed by atoms with Gasteiger partial charge in [0.1, 0.15) is 0 Å². The van der Waals surface area contributed by atoms with Crippen molar-refractivity contribution in [3.63, 3.8) is 0 Å². The molecular formula is C22H29N5O2. The van der Waals surface area contributed by atoms with Crippen molar-refractivity contribution in [2.45, 2.75) is 32.2 Å². The van der Waals surface area contributed by atoms with E-state index in [-0.39, 0.29) is 5.91 Å². The number of nitrogens with zero attached hydrogens (tertiary/aromatic N) is 4. The van der Waals surface area contributed by atoms with Gasteiger partial charge in [-0.3, -0.25) is 9.69 Å². The first-order valence-corrected chi connectivity index (χ1v) is 10.4. The van der Waals surface area contributed by atoms with Crippen LogP contribution in [0.2, 0.25) is 0 Å².